The first-order valence-corrected chi connectivity index (χ1v) is 9.68. The van der Waals surface area contributed by atoms with Gasteiger partial charge >= 0.3 is 6.18 Å². The molecule has 3 aromatic rings. The van der Waals surface area contributed by atoms with Gasteiger partial charge in [-0.3, -0.25) is 4.90 Å². The van der Waals surface area contributed by atoms with Gasteiger partial charge in [0, 0.05) is 18.7 Å². The van der Waals surface area contributed by atoms with Gasteiger partial charge in [0.25, 0.3) is 0 Å². The van der Waals surface area contributed by atoms with Crippen LogP contribution in [0.2, 0.25) is 0 Å². The van der Waals surface area contributed by atoms with Crippen molar-refractivity contribution in [3.8, 4) is 16.9 Å². The SMILES string of the molecule is CCN1Cc2ccccc2OC(c2ccc(-c3ccc(C(F)(F)F)cc3)cc2)C1. The van der Waals surface area contributed by atoms with E-state index < -0.39 is 11.7 Å². The van der Waals surface area contributed by atoms with Crippen molar-refractivity contribution >= 4 is 0 Å². The van der Waals surface area contributed by atoms with Gasteiger partial charge < -0.3 is 4.74 Å². The lowest BCUT2D eigenvalue weighted by atomic mass is 10.0. The van der Waals surface area contributed by atoms with Gasteiger partial charge in [-0.1, -0.05) is 61.5 Å². The van der Waals surface area contributed by atoms with E-state index in [0.717, 1.165) is 54.2 Å². The van der Waals surface area contributed by atoms with Crippen LogP contribution in [-0.4, -0.2) is 18.0 Å². The second-order valence-corrected chi connectivity index (χ2v) is 7.24. The molecule has 29 heavy (non-hydrogen) atoms. The van der Waals surface area contributed by atoms with Crippen LogP contribution < -0.4 is 4.74 Å². The number of ether oxygens (including phenoxy) is 1. The number of nitrogens with zero attached hydrogens (tertiary/aromatic N) is 1. The predicted molar refractivity (Wildman–Crippen MR) is 108 cm³/mol. The number of hydrogen-bond acceptors (Lipinski definition) is 2. The molecule has 0 saturated heterocycles. The Morgan fingerprint density at radius 1 is 0.897 bits per heavy atom. The van der Waals surface area contributed by atoms with Crippen molar-refractivity contribution in [2.45, 2.75) is 25.7 Å². The maximum atomic E-state index is 12.8. The number of halogens is 3. The van der Waals surface area contributed by atoms with Gasteiger partial charge in [0.1, 0.15) is 11.9 Å². The summed E-state index contributed by atoms with van der Waals surface area (Å²) in [6, 6.07) is 21.2. The topological polar surface area (TPSA) is 12.5 Å². The second-order valence-electron chi connectivity index (χ2n) is 7.24. The van der Waals surface area contributed by atoms with Crippen molar-refractivity contribution < 1.29 is 17.9 Å². The molecule has 3 aromatic carbocycles. The molecule has 5 heteroatoms. The molecule has 1 heterocycles. The predicted octanol–water partition coefficient (Wildman–Crippen LogP) is 6.33. The zero-order valence-corrected chi connectivity index (χ0v) is 16.1. The van der Waals surface area contributed by atoms with Crippen LogP contribution in [0.4, 0.5) is 13.2 Å². The lowest BCUT2D eigenvalue weighted by Gasteiger charge is -2.23. The van der Waals surface area contributed by atoms with Crippen molar-refractivity contribution in [2.75, 3.05) is 13.1 Å². The summed E-state index contributed by atoms with van der Waals surface area (Å²) in [6.45, 7) is 4.70. The van der Waals surface area contributed by atoms with Crippen molar-refractivity contribution in [2.24, 2.45) is 0 Å². The molecule has 0 saturated carbocycles. The van der Waals surface area contributed by atoms with E-state index in [2.05, 4.69) is 17.9 Å². The standard InChI is InChI=1S/C24H22F3NO/c1-2-28-15-20-5-3-4-6-22(20)29-23(16-28)19-9-7-17(8-10-19)18-11-13-21(14-12-18)24(25,26)27/h3-14,23H,2,15-16H2,1H3. The zero-order valence-electron chi connectivity index (χ0n) is 16.1. The van der Waals surface area contributed by atoms with Crippen LogP contribution in [0.15, 0.2) is 72.8 Å². The van der Waals surface area contributed by atoms with Crippen LogP contribution in [0.1, 0.15) is 29.7 Å². The van der Waals surface area contributed by atoms with Crippen LogP contribution in [0.25, 0.3) is 11.1 Å². The van der Waals surface area contributed by atoms with Gasteiger partial charge in [-0.2, -0.15) is 13.2 Å². The smallest absolute Gasteiger partial charge is 0.416 e. The van der Waals surface area contributed by atoms with E-state index in [1.807, 2.05) is 42.5 Å². The molecule has 0 aromatic heterocycles. The molecule has 150 valence electrons. The van der Waals surface area contributed by atoms with Crippen molar-refractivity contribution in [1.29, 1.82) is 0 Å². The fourth-order valence-corrected chi connectivity index (χ4v) is 3.64. The average molecular weight is 397 g/mol. The summed E-state index contributed by atoms with van der Waals surface area (Å²) in [7, 11) is 0. The van der Waals surface area contributed by atoms with E-state index in [9.17, 15) is 13.2 Å². The normalized spacial score (nSPS) is 17.3. The van der Waals surface area contributed by atoms with E-state index in [-0.39, 0.29) is 6.10 Å². The minimum absolute atomic E-state index is 0.0970. The molecule has 0 N–H and O–H groups in total. The van der Waals surface area contributed by atoms with E-state index >= 15 is 0 Å². The molecule has 2 nitrogen and oxygen atoms in total. The zero-order chi connectivity index (χ0) is 20.4. The van der Waals surface area contributed by atoms with Gasteiger partial charge in [0.2, 0.25) is 0 Å². The molecule has 0 radical (unpaired) electrons. The van der Waals surface area contributed by atoms with E-state index in [1.165, 1.54) is 17.7 Å². The fourth-order valence-electron chi connectivity index (χ4n) is 3.64. The maximum Gasteiger partial charge on any atom is 0.416 e. The van der Waals surface area contributed by atoms with Crippen LogP contribution in [0.5, 0.6) is 5.75 Å². The van der Waals surface area contributed by atoms with Gasteiger partial charge in [-0.15, -0.1) is 0 Å². The summed E-state index contributed by atoms with van der Waals surface area (Å²) < 4.78 is 44.6. The Balaban J connectivity index is 1.57. The summed E-state index contributed by atoms with van der Waals surface area (Å²) in [5.74, 6) is 0.903. The molecule has 1 aliphatic heterocycles. The van der Waals surface area contributed by atoms with Gasteiger partial charge in [0.15, 0.2) is 0 Å². The number of alkyl halides is 3. The molecule has 1 aliphatic rings. The molecule has 0 fully saturated rings. The largest absolute Gasteiger partial charge is 0.484 e. The Kier molecular flexibility index (Phi) is 5.33. The van der Waals surface area contributed by atoms with E-state index in [0.29, 0.717) is 0 Å². The summed E-state index contributed by atoms with van der Waals surface area (Å²) >= 11 is 0. The maximum absolute atomic E-state index is 12.8. The first-order valence-electron chi connectivity index (χ1n) is 9.68. The third kappa shape index (κ3) is 4.30. The van der Waals surface area contributed by atoms with Crippen LogP contribution in [0.3, 0.4) is 0 Å². The number of hydrogen-bond donors (Lipinski definition) is 0. The molecular formula is C24H22F3NO. The summed E-state index contributed by atoms with van der Waals surface area (Å²) in [6.07, 6.45) is -4.42. The summed E-state index contributed by atoms with van der Waals surface area (Å²) in [5, 5.41) is 0. The number of likely N-dealkylation sites (N-methyl/N-ethyl adjacent to an activating group) is 1. The Hall–Kier alpha value is -2.79. The molecule has 1 atom stereocenters. The van der Waals surface area contributed by atoms with Crippen LogP contribution >= 0.6 is 0 Å². The third-order valence-corrected chi connectivity index (χ3v) is 5.34. The van der Waals surface area contributed by atoms with Crippen molar-refractivity contribution in [1.82, 2.24) is 4.90 Å². The van der Waals surface area contributed by atoms with Gasteiger partial charge in [-0.25, -0.2) is 0 Å². The Bertz CT molecular complexity index is 965. The minimum Gasteiger partial charge on any atom is -0.484 e. The number of benzene rings is 3. The second kappa shape index (κ2) is 7.91. The quantitative estimate of drug-likeness (QED) is 0.512. The first kappa shape index (κ1) is 19.5. The molecular weight excluding hydrogens is 375 g/mol. The third-order valence-electron chi connectivity index (χ3n) is 5.34. The van der Waals surface area contributed by atoms with Crippen LogP contribution in [0, 0.1) is 0 Å². The van der Waals surface area contributed by atoms with Gasteiger partial charge in [-0.05, 0) is 41.4 Å². The molecule has 4 rings (SSSR count). The highest BCUT2D eigenvalue weighted by molar-refractivity contribution is 5.64. The first-order chi connectivity index (χ1) is 13.9. The molecule has 0 amide bonds. The van der Waals surface area contributed by atoms with Crippen LogP contribution in [-0.2, 0) is 12.7 Å². The summed E-state index contributed by atoms with van der Waals surface area (Å²) in [4.78, 5) is 2.35. The monoisotopic (exact) mass is 397 g/mol. The Labute approximate surface area is 168 Å². The number of para-hydroxylation sites is 1. The number of fused-ring (bicyclic) bond motifs is 1. The van der Waals surface area contributed by atoms with Crippen molar-refractivity contribution in [3.63, 3.8) is 0 Å². The molecule has 1 unspecified atom stereocenters. The molecule has 0 spiro atoms. The Morgan fingerprint density at radius 3 is 2.14 bits per heavy atom. The highest BCUT2D eigenvalue weighted by Gasteiger charge is 2.30. The lowest BCUT2D eigenvalue weighted by molar-refractivity contribution is -0.137. The highest BCUT2D eigenvalue weighted by Crippen LogP contribution is 2.33. The number of rotatable bonds is 3. The van der Waals surface area contributed by atoms with E-state index in [4.69, 9.17) is 4.74 Å². The fraction of sp³-hybridized carbons (Fsp3) is 0.250. The van der Waals surface area contributed by atoms with Gasteiger partial charge in [0.05, 0.1) is 5.56 Å². The summed E-state index contributed by atoms with van der Waals surface area (Å²) in [5.41, 5.74) is 3.23. The molecule has 0 bridgehead atoms. The van der Waals surface area contributed by atoms with Crippen molar-refractivity contribution in [3.05, 3.63) is 89.5 Å². The highest BCUT2D eigenvalue weighted by atomic mass is 19.4. The minimum atomic E-state index is -4.32. The Morgan fingerprint density at radius 2 is 1.52 bits per heavy atom. The molecule has 0 aliphatic carbocycles. The lowest BCUT2D eigenvalue weighted by Crippen LogP contribution is -2.27. The van der Waals surface area contributed by atoms with E-state index in [1.54, 1.807) is 0 Å². The average Bonchev–Trinajstić information content (AvgIpc) is 2.92.